The fourth-order valence-electron chi connectivity index (χ4n) is 7.70. The van der Waals surface area contributed by atoms with Gasteiger partial charge in [0.05, 0.1) is 11.4 Å². The zero-order valence-electron chi connectivity index (χ0n) is 29.4. The smallest absolute Gasteiger partial charge is 0.0571 e. The van der Waals surface area contributed by atoms with Crippen molar-refractivity contribution in [2.45, 2.75) is 104 Å². The summed E-state index contributed by atoms with van der Waals surface area (Å²) in [6.45, 7) is 11.6. The number of para-hydroxylation sites is 2. The Balaban J connectivity index is 1.51. The van der Waals surface area contributed by atoms with Gasteiger partial charge in [-0.05, 0) is 41.7 Å². The first kappa shape index (κ1) is 33.6. The van der Waals surface area contributed by atoms with Crippen LogP contribution < -0.4 is 0 Å². The Hall–Kier alpha value is -4.30. The van der Waals surface area contributed by atoms with Crippen LogP contribution in [0.15, 0.2) is 116 Å². The molecule has 0 spiro atoms. The molecule has 0 amide bonds. The number of hydrogen-bond acceptors (Lipinski definition) is 0. The van der Waals surface area contributed by atoms with Gasteiger partial charge in [0, 0.05) is 46.0 Å². The number of nitrogens with zero attached hydrogens (tertiary/aromatic N) is 2. The fraction of sp³-hybridized carbons (Fsp3) is 0.348. The highest BCUT2D eigenvalue weighted by atomic mass is 15.0. The van der Waals surface area contributed by atoms with Gasteiger partial charge in [0.2, 0.25) is 0 Å². The van der Waals surface area contributed by atoms with E-state index in [1.54, 1.807) is 0 Å². The lowest BCUT2D eigenvalue weighted by Crippen LogP contribution is -2.03. The molecular formula is C46H54N2. The Labute approximate surface area is 289 Å². The monoisotopic (exact) mass is 634 g/mol. The van der Waals surface area contributed by atoms with Crippen LogP contribution in [0, 0.1) is 0 Å². The molecule has 2 nitrogen and oxygen atoms in total. The molecule has 0 aliphatic rings. The Kier molecular flexibility index (Phi) is 11.7. The Morgan fingerprint density at radius 2 is 0.792 bits per heavy atom. The molecule has 0 unspecified atom stereocenters. The summed E-state index contributed by atoms with van der Waals surface area (Å²) >= 11 is 0. The van der Waals surface area contributed by atoms with Crippen LogP contribution in [-0.2, 0) is 13.1 Å². The molecule has 48 heavy (non-hydrogen) atoms. The van der Waals surface area contributed by atoms with E-state index in [2.05, 4.69) is 132 Å². The standard InChI is InChI=1S/C46H54N2/c1-4-6-8-10-12-24-34-47-41-32-22-20-30-39(41)43(45(47)37-26-16-14-17-27-37)36(3)44-40-31-21-23-33-42(40)48(35-25-13-11-9-7-5-2)46(44)38-28-18-15-19-29-38/h14-23,26-33H,3-13,24-25,34-35H2,1-2H3. The number of benzene rings is 4. The molecule has 0 saturated carbocycles. The van der Waals surface area contributed by atoms with Crippen molar-refractivity contribution in [3.63, 3.8) is 0 Å². The molecule has 0 radical (unpaired) electrons. The molecule has 0 saturated heterocycles. The third kappa shape index (κ3) is 7.24. The first-order valence-corrected chi connectivity index (χ1v) is 18.8. The normalized spacial score (nSPS) is 11.5. The van der Waals surface area contributed by atoms with Crippen molar-refractivity contribution >= 4 is 27.4 Å². The molecule has 0 N–H and O–H groups in total. The van der Waals surface area contributed by atoms with Gasteiger partial charge in [-0.1, -0.05) is 182 Å². The Morgan fingerprint density at radius 1 is 0.438 bits per heavy atom. The first-order chi connectivity index (χ1) is 23.7. The Morgan fingerprint density at radius 3 is 1.21 bits per heavy atom. The van der Waals surface area contributed by atoms with Gasteiger partial charge in [0.1, 0.15) is 0 Å². The lowest BCUT2D eigenvalue weighted by molar-refractivity contribution is 0.567. The van der Waals surface area contributed by atoms with Crippen molar-refractivity contribution in [3.8, 4) is 22.5 Å². The van der Waals surface area contributed by atoms with E-state index in [4.69, 9.17) is 6.58 Å². The summed E-state index contributed by atoms with van der Waals surface area (Å²) in [6.07, 6.45) is 15.4. The maximum absolute atomic E-state index is 5.03. The molecule has 0 aliphatic heterocycles. The van der Waals surface area contributed by atoms with E-state index >= 15 is 0 Å². The van der Waals surface area contributed by atoms with Crippen LogP contribution in [0.3, 0.4) is 0 Å². The zero-order valence-corrected chi connectivity index (χ0v) is 29.4. The molecule has 6 rings (SSSR count). The van der Waals surface area contributed by atoms with E-state index in [0.29, 0.717) is 0 Å². The van der Waals surface area contributed by atoms with Crippen LogP contribution in [0.25, 0.3) is 49.9 Å². The second kappa shape index (κ2) is 16.7. The van der Waals surface area contributed by atoms with Gasteiger partial charge in [-0.2, -0.15) is 0 Å². The molecule has 0 fully saturated rings. The topological polar surface area (TPSA) is 9.86 Å². The average Bonchev–Trinajstić information content (AvgIpc) is 3.64. The van der Waals surface area contributed by atoms with Crippen molar-refractivity contribution in [2.75, 3.05) is 0 Å². The number of rotatable bonds is 18. The summed E-state index contributed by atoms with van der Waals surface area (Å²) in [5, 5.41) is 2.58. The largest absolute Gasteiger partial charge is 0.340 e. The fourth-order valence-corrected chi connectivity index (χ4v) is 7.70. The van der Waals surface area contributed by atoms with Crippen molar-refractivity contribution in [1.82, 2.24) is 9.13 Å². The third-order valence-electron chi connectivity index (χ3n) is 10.1. The minimum Gasteiger partial charge on any atom is -0.340 e. The van der Waals surface area contributed by atoms with Gasteiger partial charge in [-0.25, -0.2) is 0 Å². The first-order valence-electron chi connectivity index (χ1n) is 18.8. The molecule has 4 aromatic carbocycles. The van der Waals surface area contributed by atoms with Crippen molar-refractivity contribution < 1.29 is 0 Å². The van der Waals surface area contributed by atoms with Gasteiger partial charge in [-0.15, -0.1) is 0 Å². The van der Waals surface area contributed by atoms with E-state index in [9.17, 15) is 0 Å². The van der Waals surface area contributed by atoms with Gasteiger partial charge in [0.25, 0.3) is 0 Å². The number of aryl methyl sites for hydroxylation is 2. The molecule has 6 aromatic rings. The predicted molar refractivity (Wildman–Crippen MR) is 210 cm³/mol. The van der Waals surface area contributed by atoms with Gasteiger partial charge < -0.3 is 9.13 Å². The highest BCUT2D eigenvalue weighted by Gasteiger charge is 2.26. The molecule has 0 aliphatic carbocycles. The van der Waals surface area contributed by atoms with Gasteiger partial charge in [-0.3, -0.25) is 0 Å². The van der Waals surface area contributed by atoms with Crippen LogP contribution in [0.4, 0.5) is 0 Å². The molecule has 2 heterocycles. The quantitative estimate of drug-likeness (QED) is 0.0833. The van der Waals surface area contributed by atoms with Crippen molar-refractivity contribution in [3.05, 3.63) is 127 Å². The third-order valence-corrected chi connectivity index (χ3v) is 10.1. The molecule has 0 atom stereocenters. The SMILES string of the molecule is C=C(c1c(-c2ccccc2)n(CCCCCCCC)c2ccccc12)c1c(-c2ccccc2)n(CCCCCCCC)c2ccccc12. The van der Waals surface area contributed by atoms with Crippen LogP contribution >= 0.6 is 0 Å². The highest BCUT2D eigenvalue weighted by Crippen LogP contribution is 2.46. The summed E-state index contributed by atoms with van der Waals surface area (Å²) < 4.78 is 5.20. The van der Waals surface area contributed by atoms with Crippen LogP contribution in [-0.4, -0.2) is 9.13 Å². The van der Waals surface area contributed by atoms with Crippen LogP contribution in [0.5, 0.6) is 0 Å². The lowest BCUT2D eigenvalue weighted by Gasteiger charge is -2.17. The van der Waals surface area contributed by atoms with E-state index in [1.807, 2.05) is 0 Å². The minimum atomic E-state index is 1.01. The molecule has 2 aromatic heterocycles. The molecular weight excluding hydrogens is 581 g/mol. The van der Waals surface area contributed by atoms with Crippen LogP contribution in [0.1, 0.15) is 102 Å². The number of fused-ring (bicyclic) bond motifs is 2. The number of hydrogen-bond donors (Lipinski definition) is 0. The maximum atomic E-state index is 5.03. The van der Waals surface area contributed by atoms with E-state index in [0.717, 1.165) is 18.7 Å². The summed E-state index contributed by atoms with van der Waals surface area (Å²) in [7, 11) is 0. The van der Waals surface area contributed by atoms with Crippen LogP contribution in [0.2, 0.25) is 0 Å². The van der Waals surface area contributed by atoms with Crippen molar-refractivity contribution in [1.29, 1.82) is 0 Å². The second-order valence-electron chi connectivity index (χ2n) is 13.5. The maximum Gasteiger partial charge on any atom is 0.0571 e. The Bertz CT molecular complexity index is 1760. The minimum absolute atomic E-state index is 1.01. The van der Waals surface area contributed by atoms with E-state index in [-0.39, 0.29) is 0 Å². The lowest BCUT2D eigenvalue weighted by atomic mass is 9.91. The van der Waals surface area contributed by atoms with E-state index in [1.165, 1.54) is 132 Å². The molecule has 248 valence electrons. The summed E-state index contributed by atoms with van der Waals surface area (Å²) in [5.41, 5.74) is 11.4. The number of aromatic nitrogens is 2. The molecule has 0 bridgehead atoms. The average molecular weight is 635 g/mol. The molecule has 2 heteroatoms. The summed E-state index contributed by atoms with van der Waals surface area (Å²) in [6, 6.07) is 40.1. The summed E-state index contributed by atoms with van der Waals surface area (Å²) in [4.78, 5) is 0. The van der Waals surface area contributed by atoms with Gasteiger partial charge >= 0.3 is 0 Å². The predicted octanol–water partition coefficient (Wildman–Crippen LogP) is 13.7. The van der Waals surface area contributed by atoms with E-state index < -0.39 is 0 Å². The second-order valence-corrected chi connectivity index (χ2v) is 13.5. The van der Waals surface area contributed by atoms with Crippen molar-refractivity contribution in [2.24, 2.45) is 0 Å². The van der Waals surface area contributed by atoms with Gasteiger partial charge in [0.15, 0.2) is 0 Å². The number of unbranched alkanes of at least 4 members (excludes halogenated alkanes) is 10. The zero-order chi connectivity index (χ0) is 33.1. The summed E-state index contributed by atoms with van der Waals surface area (Å²) in [5.74, 6) is 0. The highest BCUT2D eigenvalue weighted by molar-refractivity contribution is 6.11.